The summed E-state index contributed by atoms with van der Waals surface area (Å²) in [5.41, 5.74) is -0.314. The van der Waals surface area contributed by atoms with Crippen LogP contribution in [0.15, 0.2) is 0 Å². The minimum Gasteiger partial charge on any atom is -0.481 e. The van der Waals surface area contributed by atoms with Gasteiger partial charge in [-0.05, 0) is 115 Å². The number of aliphatic hydroxyl groups is 2. The van der Waals surface area contributed by atoms with E-state index in [2.05, 4.69) is 48.5 Å². The third-order valence-electron chi connectivity index (χ3n) is 13.6. The predicted octanol–water partition coefficient (Wildman–Crippen LogP) is 6.28. The van der Waals surface area contributed by atoms with Crippen LogP contribution in [0.2, 0.25) is 0 Å². The van der Waals surface area contributed by atoms with E-state index in [1.807, 2.05) is 0 Å². The Hall–Kier alpha value is -0.610. The van der Waals surface area contributed by atoms with E-state index >= 15 is 0 Å². The van der Waals surface area contributed by atoms with Gasteiger partial charge in [0.15, 0.2) is 0 Å². The van der Waals surface area contributed by atoms with Crippen molar-refractivity contribution in [1.29, 1.82) is 0 Å². The van der Waals surface area contributed by atoms with Crippen LogP contribution in [0.4, 0.5) is 0 Å². The summed E-state index contributed by atoms with van der Waals surface area (Å²) < 4.78 is 0. The maximum absolute atomic E-state index is 12.8. The fourth-order valence-corrected chi connectivity index (χ4v) is 11.6. The number of hydrogen-bond donors (Lipinski definition) is 3. The summed E-state index contributed by atoms with van der Waals surface area (Å²) in [5.74, 6) is 1.11. The number of hydrogen-bond acceptors (Lipinski definition) is 3. The normalized spacial score (nSPS) is 55.8. The second-order valence-electron chi connectivity index (χ2n) is 15.6. The lowest BCUT2D eigenvalue weighted by Crippen LogP contribution is -2.69. The molecule has 0 saturated heterocycles. The van der Waals surface area contributed by atoms with Crippen molar-refractivity contribution in [3.05, 3.63) is 0 Å². The van der Waals surface area contributed by atoms with Crippen molar-refractivity contribution in [3.8, 4) is 0 Å². The topological polar surface area (TPSA) is 77.8 Å². The van der Waals surface area contributed by atoms with Crippen LogP contribution in [0.25, 0.3) is 0 Å². The monoisotopic (exact) mass is 474 g/mol. The summed E-state index contributed by atoms with van der Waals surface area (Å²) in [6.45, 7) is 16.5. The summed E-state index contributed by atoms with van der Waals surface area (Å²) in [6, 6.07) is 0. The molecule has 0 aromatic carbocycles. The van der Waals surface area contributed by atoms with Gasteiger partial charge in [0.2, 0.25) is 0 Å². The average Bonchev–Trinajstić information content (AvgIpc) is 2.72. The first-order valence-corrected chi connectivity index (χ1v) is 14.1. The zero-order chi connectivity index (χ0) is 25.1. The highest BCUT2D eigenvalue weighted by Gasteiger charge is 2.71. The number of carboxylic acids is 1. The molecule has 5 aliphatic carbocycles. The van der Waals surface area contributed by atoms with Crippen LogP contribution >= 0.6 is 0 Å². The summed E-state index contributed by atoms with van der Waals surface area (Å²) in [5, 5.41) is 32.4. The van der Waals surface area contributed by atoms with Gasteiger partial charge in [-0.2, -0.15) is 0 Å². The van der Waals surface area contributed by atoms with Gasteiger partial charge in [-0.15, -0.1) is 0 Å². The first-order chi connectivity index (χ1) is 15.6. The van der Waals surface area contributed by atoms with Crippen LogP contribution < -0.4 is 0 Å². The van der Waals surface area contributed by atoms with E-state index in [0.29, 0.717) is 24.2 Å². The lowest BCUT2D eigenvalue weighted by molar-refractivity contribution is -0.268. The number of aliphatic hydroxyl groups excluding tert-OH is 2. The van der Waals surface area contributed by atoms with Crippen molar-refractivity contribution in [2.24, 2.45) is 56.2 Å². The first kappa shape index (κ1) is 25.1. The second kappa shape index (κ2) is 7.24. The smallest absolute Gasteiger partial charge is 0.309 e. The summed E-state index contributed by atoms with van der Waals surface area (Å²) >= 11 is 0. The van der Waals surface area contributed by atoms with Gasteiger partial charge < -0.3 is 15.3 Å². The minimum atomic E-state index is -0.658. The maximum atomic E-state index is 12.8. The molecule has 4 nitrogen and oxygen atoms in total. The van der Waals surface area contributed by atoms with Gasteiger partial charge in [0.1, 0.15) is 0 Å². The maximum Gasteiger partial charge on any atom is 0.309 e. The second-order valence-corrected chi connectivity index (χ2v) is 15.6. The molecule has 0 heterocycles. The molecule has 0 aromatic heterocycles. The molecule has 5 unspecified atom stereocenters. The third-order valence-corrected chi connectivity index (χ3v) is 13.6. The van der Waals surface area contributed by atoms with Crippen molar-refractivity contribution in [2.45, 2.75) is 125 Å². The fraction of sp³-hybridized carbons (Fsp3) is 0.967. The van der Waals surface area contributed by atoms with E-state index in [0.717, 1.165) is 57.8 Å². The molecular formula is C30H50O4. The van der Waals surface area contributed by atoms with Crippen molar-refractivity contribution in [1.82, 2.24) is 0 Å². The van der Waals surface area contributed by atoms with Crippen molar-refractivity contribution >= 4 is 5.97 Å². The Bertz CT molecular complexity index is 864. The number of carboxylic acid groups (broad SMARTS) is 1. The fourth-order valence-electron chi connectivity index (χ4n) is 11.6. The van der Waals surface area contributed by atoms with Crippen LogP contribution in [0, 0.1) is 56.2 Å². The van der Waals surface area contributed by atoms with Crippen molar-refractivity contribution < 1.29 is 20.1 Å². The largest absolute Gasteiger partial charge is 0.481 e. The molecule has 0 aliphatic heterocycles. The molecule has 0 radical (unpaired) electrons. The van der Waals surface area contributed by atoms with Crippen LogP contribution in [-0.2, 0) is 4.79 Å². The molecule has 0 bridgehead atoms. The lowest BCUT2D eigenvalue weighted by atomic mass is 9.31. The summed E-state index contributed by atoms with van der Waals surface area (Å²) in [6.07, 6.45) is 8.63. The van der Waals surface area contributed by atoms with Gasteiger partial charge in [0, 0.05) is 0 Å². The molecule has 5 rings (SSSR count). The molecule has 4 heteroatoms. The number of aliphatic carboxylic acids is 1. The van der Waals surface area contributed by atoms with Crippen LogP contribution in [0.3, 0.4) is 0 Å². The van der Waals surface area contributed by atoms with Gasteiger partial charge in [0.05, 0.1) is 17.6 Å². The average molecular weight is 475 g/mol. The molecule has 5 fully saturated rings. The Morgan fingerprint density at radius 2 is 1.35 bits per heavy atom. The highest BCUT2D eigenvalue weighted by molar-refractivity contribution is 5.75. The molecule has 0 amide bonds. The zero-order valence-corrected chi connectivity index (χ0v) is 22.8. The van der Waals surface area contributed by atoms with Gasteiger partial charge in [0.25, 0.3) is 0 Å². The van der Waals surface area contributed by atoms with E-state index in [9.17, 15) is 20.1 Å². The first-order valence-electron chi connectivity index (χ1n) is 14.1. The quantitative estimate of drug-likeness (QED) is 0.418. The summed E-state index contributed by atoms with van der Waals surface area (Å²) in [7, 11) is 0. The third kappa shape index (κ3) is 2.93. The molecule has 34 heavy (non-hydrogen) atoms. The Balaban J connectivity index is 1.55. The van der Waals surface area contributed by atoms with Crippen LogP contribution in [-0.4, -0.2) is 33.5 Å². The van der Waals surface area contributed by atoms with Crippen LogP contribution in [0.1, 0.15) is 113 Å². The number of carbonyl (C=O) groups is 1. The molecule has 5 saturated carbocycles. The Morgan fingerprint density at radius 3 is 2.00 bits per heavy atom. The van der Waals surface area contributed by atoms with Gasteiger partial charge >= 0.3 is 5.97 Å². The molecule has 0 aromatic rings. The molecule has 194 valence electrons. The Kier molecular flexibility index (Phi) is 5.34. The standard InChI is InChI=1S/C30H50O4/c1-25(2)12-14-30(24(33)34)15-13-28(6)18(19(30)16-25)8-9-22-27(5)17-20(31)23(32)26(3,4)21(27)10-11-29(22,28)7/h18-23,31-32H,8-17H2,1-7H3,(H,33,34)/t18?,19-,20?,21?,22?,23-,27-,28?,29+,30-/m0/s1. The molecule has 3 N–H and O–H groups in total. The van der Waals surface area contributed by atoms with E-state index in [1.165, 1.54) is 0 Å². The van der Waals surface area contributed by atoms with Gasteiger partial charge in [-0.25, -0.2) is 0 Å². The molecule has 5 aliphatic rings. The molecular weight excluding hydrogens is 424 g/mol. The SMILES string of the molecule is CC1(C)CC[C@]2(C(=O)O)CCC3(C)C(CCC4[C@@]5(C)CC(O)[C@H](O)C(C)(C)C5CC[C@]43C)[C@@H]2C1. The highest BCUT2D eigenvalue weighted by atomic mass is 16.4. The van der Waals surface area contributed by atoms with Crippen molar-refractivity contribution in [2.75, 3.05) is 0 Å². The predicted molar refractivity (Wildman–Crippen MR) is 134 cm³/mol. The lowest BCUT2D eigenvalue weighted by Gasteiger charge is -2.73. The molecule has 0 spiro atoms. The minimum absolute atomic E-state index is 0.0102. The van der Waals surface area contributed by atoms with Gasteiger partial charge in [-0.1, -0.05) is 48.5 Å². The Morgan fingerprint density at radius 1 is 0.706 bits per heavy atom. The zero-order valence-electron chi connectivity index (χ0n) is 22.8. The van der Waals surface area contributed by atoms with Crippen molar-refractivity contribution in [3.63, 3.8) is 0 Å². The molecule has 10 atom stereocenters. The van der Waals surface area contributed by atoms with E-state index < -0.39 is 23.6 Å². The van der Waals surface area contributed by atoms with E-state index in [1.54, 1.807) is 0 Å². The van der Waals surface area contributed by atoms with E-state index in [4.69, 9.17) is 0 Å². The number of fused-ring (bicyclic) bond motifs is 7. The summed E-state index contributed by atoms with van der Waals surface area (Å²) in [4.78, 5) is 12.8. The van der Waals surface area contributed by atoms with E-state index in [-0.39, 0.29) is 33.0 Å². The highest BCUT2D eigenvalue weighted by Crippen LogP contribution is 2.77. The Labute approximate surface area is 207 Å². The number of rotatable bonds is 1. The van der Waals surface area contributed by atoms with Crippen LogP contribution in [0.5, 0.6) is 0 Å². The van der Waals surface area contributed by atoms with Gasteiger partial charge in [-0.3, -0.25) is 4.79 Å².